The number of hydrogen-bond acceptors (Lipinski definition) is 7. The second kappa shape index (κ2) is 8.95. The van der Waals surface area contributed by atoms with Crippen molar-refractivity contribution in [1.82, 2.24) is 24.4 Å². The maximum Gasteiger partial charge on any atom is 0.409 e. The number of imidazole rings is 1. The van der Waals surface area contributed by atoms with Gasteiger partial charge in [0.05, 0.1) is 12.5 Å². The van der Waals surface area contributed by atoms with E-state index < -0.39 is 5.97 Å². The van der Waals surface area contributed by atoms with Crippen LogP contribution in [-0.4, -0.2) is 74.4 Å². The molecular formula is C26H24N6O4. The van der Waals surface area contributed by atoms with Crippen LogP contribution < -0.4 is 4.90 Å². The first-order valence-corrected chi connectivity index (χ1v) is 11.8. The van der Waals surface area contributed by atoms with Gasteiger partial charge in [-0.2, -0.15) is 4.98 Å². The highest BCUT2D eigenvalue weighted by Gasteiger charge is 2.30. The van der Waals surface area contributed by atoms with Crippen molar-refractivity contribution in [2.24, 2.45) is 0 Å². The first kappa shape index (κ1) is 22.0. The highest BCUT2D eigenvalue weighted by Crippen LogP contribution is 2.44. The number of carbonyl (C=O) groups is 2. The number of fused-ring (bicyclic) bond motifs is 4. The van der Waals surface area contributed by atoms with Crippen LogP contribution in [0.2, 0.25) is 0 Å². The Morgan fingerprint density at radius 3 is 2.28 bits per heavy atom. The van der Waals surface area contributed by atoms with Crippen molar-refractivity contribution >= 4 is 29.2 Å². The summed E-state index contributed by atoms with van der Waals surface area (Å²) in [5.74, 6) is -0.415. The summed E-state index contributed by atoms with van der Waals surface area (Å²) in [4.78, 5) is 40.7. The van der Waals surface area contributed by atoms with Crippen LogP contribution in [0, 0.1) is 0 Å². The van der Waals surface area contributed by atoms with E-state index in [9.17, 15) is 9.59 Å². The van der Waals surface area contributed by atoms with Gasteiger partial charge in [-0.1, -0.05) is 48.5 Å². The smallest absolute Gasteiger partial charge is 0.409 e. The number of amides is 1. The SMILES string of the molecule is O=C(O)Cn1cnc2nc(N3CCN(C(=O)OCC4c5ccccc5-c5ccccc54)CC3)ncc21. The number of ether oxygens (including phenoxy) is 1. The fourth-order valence-corrected chi connectivity index (χ4v) is 5.04. The quantitative estimate of drug-likeness (QED) is 0.460. The molecule has 6 rings (SSSR count). The molecule has 182 valence electrons. The number of aromatic nitrogens is 4. The molecule has 0 spiro atoms. The number of hydrogen-bond donors (Lipinski definition) is 1. The molecule has 3 heterocycles. The van der Waals surface area contributed by atoms with Gasteiger partial charge < -0.3 is 24.2 Å². The van der Waals surface area contributed by atoms with E-state index in [0.717, 1.165) is 0 Å². The summed E-state index contributed by atoms with van der Waals surface area (Å²) in [6.07, 6.45) is 2.72. The van der Waals surface area contributed by atoms with E-state index in [2.05, 4.69) is 39.2 Å². The van der Waals surface area contributed by atoms with Crippen molar-refractivity contribution in [3.05, 3.63) is 72.2 Å². The van der Waals surface area contributed by atoms with Crippen molar-refractivity contribution in [3.63, 3.8) is 0 Å². The number of carboxylic acid groups (broad SMARTS) is 1. The van der Waals surface area contributed by atoms with Crippen LogP contribution in [0.25, 0.3) is 22.3 Å². The zero-order valence-electron chi connectivity index (χ0n) is 19.4. The van der Waals surface area contributed by atoms with Gasteiger partial charge in [-0.25, -0.2) is 14.8 Å². The van der Waals surface area contributed by atoms with Crippen LogP contribution in [0.4, 0.5) is 10.7 Å². The lowest BCUT2D eigenvalue weighted by molar-refractivity contribution is -0.137. The van der Waals surface area contributed by atoms with Crippen molar-refractivity contribution in [2.45, 2.75) is 12.5 Å². The topological polar surface area (TPSA) is 114 Å². The average Bonchev–Trinajstić information content (AvgIpc) is 3.45. The van der Waals surface area contributed by atoms with Crippen LogP contribution in [0.15, 0.2) is 61.1 Å². The summed E-state index contributed by atoms with van der Waals surface area (Å²) in [6, 6.07) is 16.6. The minimum Gasteiger partial charge on any atom is -0.480 e. The number of benzene rings is 2. The maximum absolute atomic E-state index is 12.9. The number of aliphatic carboxylic acids is 1. The lowest BCUT2D eigenvalue weighted by Crippen LogP contribution is -2.49. The first-order valence-electron chi connectivity index (χ1n) is 11.8. The molecule has 10 nitrogen and oxygen atoms in total. The zero-order valence-corrected chi connectivity index (χ0v) is 19.4. The molecule has 1 fully saturated rings. The van der Waals surface area contributed by atoms with Gasteiger partial charge >= 0.3 is 12.1 Å². The van der Waals surface area contributed by atoms with Gasteiger partial charge in [0.15, 0.2) is 5.65 Å². The van der Waals surface area contributed by atoms with E-state index >= 15 is 0 Å². The largest absolute Gasteiger partial charge is 0.480 e. The molecular weight excluding hydrogens is 460 g/mol. The number of carboxylic acids is 1. The molecule has 0 radical (unpaired) electrons. The van der Waals surface area contributed by atoms with Crippen molar-refractivity contribution in [1.29, 1.82) is 0 Å². The molecule has 1 amide bonds. The summed E-state index contributed by atoms with van der Waals surface area (Å²) >= 11 is 0. The van der Waals surface area contributed by atoms with Gasteiger partial charge in [0.1, 0.15) is 18.7 Å². The Bertz CT molecular complexity index is 1410. The molecule has 0 bridgehead atoms. The molecule has 2 aromatic carbocycles. The monoisotopic (exact) mass is 484 g/mol. The minimum absolute atomic E-state index is 0.0312. The zero-order chi connectivity index (χ0) is 24.6. The highest BCUT2D eigenvalue weighted by molar-refractivity contribution is 5.79. The second-order valence-electron chi connectivity index (χ2n) is 8.92. The van der Waals surface area contributed by atoms with Gasteiger partial charge in [-0.15, -0.1) is 0 Å². The standard InChI is InChI=1S/C26H24N6O4/c33-23(34)14-32-16-28-24-22(32)13-27-25(29-24)30-9-11-31(12-10-30)26(35)36-15-21-19-7-3-1-5-17(19)18-6-2-4-8-20(18)21/h1-8,13,16,21H,9-12,14-15H2,(H,33,34). The predicted octanol–water partition coefficient (Wildman–Crippen LogP) is 2.98. The molecule has 36 heavy (non-hydrogen) atoms. The minimum atomic E-state index is -0.956. The van der Waals surface area contributed by atoms with Gasteiger partial charge in [-0.3, -0.25) is 4.79 Å². The van der Waals surface area contributed by atoms with Gasteiger partial charge in [0, 0.05) is 32.1 Å². The molecule has 2 aliphatic rings. The summed E-state index contributed by atoms with van der Waals surface area (Å²) in [6.45, 7) is 2.21. The van der Waals surface area contributed by atoms with Crippen molar-refractivity contribution < 1.29 is 19.4 Å². The van der Waals surface area contributed by atoms with Gasteiger partial charge in [-0.05, 0) is 22.3 Å². The number of carbonyl (C=O) groups excluding carboxylic acids is 1. The van der Waals surface area contributed by atoms with Gasteiger partial charge in [0.25, 0.3) is 0 Å². The van der Waals surface area contributed by atoms with Crippen LogP contribution in [0.5, 0.6) is 0 Å². The molecule has 1 N–H and O–H groups in total. The Labute approximate surface area is 206 Å². The second-order valence-corrected chi connectivity index (χ2v) is 8.92. The van der Waals surface area contributed by atoms with E-state index in [-0.39, 0.29) is 18.6 Å². The first-order chi connectivity index (χ1) is 17.6. The third-order valence-electron chi connectivity index (χ3n) is 6.83. The number of piperazine rings is 1. The molecule has 4 aromatic rings. The van der Waals surface area contributed by atoms with E-state index in [0.29, 0.717) is 49.9 Å². The molecule has 0 saturated carbocycles. The molecule has 10 heteroatoms. The summed E-state index contributed by atoms with van der Waals surface area (Å²) in [5.41, 5.74) is 5.79. The van der Waals surface area contributed by atoms with Crippen LogP contribution in [-0.2, 0) is 16.1 Å². The Morgan fingerprint density at radius 1 is 0.944 bits per heavy atom. The summed E-state index contributed by atoms with van der Waals surface area (Å²) < 4.78 is 7.29. The molecule has 2 aromatic heterocycles. The fourth-order valence-electron chi connectivity index (χ4n) is 5.04. The predicted molar refractivity (Wildman–Crippen MR) is 132 cm³/mol. The number of rotatable bonds is 5. The lowest BCUT2D eigenvalue weighted by atomic mass is 9.98. The average molecular weight is 485 g/mol. The van der Waals surface area contributed by atoms with Crippen LogP contribution in [0.1, 0.15) is 17.0 Å². The Kier molecular flexibility index (Phi) is 5.48. The van der Waals surface area contributed by atoms with Crippen LogP contribution in [0.3, 0.4) is 0 Å². The maximum atomic E-state index is 12.9. The molecule has 0 atom stereocenters. The molecule has 1 aliphatic heterocycles. The summed E-state index contributed by atoms with van der Waals surface area (Å²) in [5, 5.41) is 9.02. The number of nitrogens with zero attached hydrogens (tertiary/aromatic N) is 6. The number of anilines is 1. The molecule has 0 unspecified atom stereocenters. The summed E-state index contributed by atoms with van der Waals surface area (Å²) in [7, 11) is 0. The third-order valence-corrected chi connectivity index (χ3v) is 6.83. The Hall–Kier alpha value is -4.47. The Morgan fingerprint density at radius 2 is 1.61 bits per heavy atom. The van der Waals surface area contributed by atoms with Crippen molar-refractivity contribution in [3.8, 4) is 11.1 Å². The highest BCUT2D eigenvalue weighted by atomic mass is 16.6. The Balaban J connectivity index is 1.08. The van der Waals surface area contributed by atoms with E-state index in [1.807, 2.05) is 29.2 Å². The molecule has 1 saturated heterocycles. The van der Waals surface area contributed by atoms with E-state index in [1.54, 1.807) is 11.1 Å². The van der Waals surface area contributed by atoms with E-state index in [4.69, 9.17) is 9.84 Å². The van der Waals surface area contributed by atoms with E-state index in [1.165, 1.54) is 33.1 Å². The normalized spacial score (nSPS) is 15.1. The third kappa shape index (κ3) is 3.90. The molecule has 1 aliphatic carbocycles. The van der Waals surface area contributed by atoms with Gasteiger partial charge in [0.2, 0.25) is 5.95 Å². The lowest BCUT2D eigenvalue weighted by Gasteiger charge is -2.34. The van der Waals surface area contributed by atoms with Crippen molar-refractivity contribution in [2.75, 3.05) is 37.7 Å². The van der Waals surface area contributed by atoms with Crippen LogP contribution >= 0.6 is 0 Å². The fraction of sp³-hybridized carbons (Fsp3) is 0.269.